The van der Waals surface area contributed by atoms with Crippen molar-refractivity contribution in [3.8, 4) is 0 Å². The van der Waals surface area contributed by atoms with Crippen LogP contribution < -0.4 is 0 Å². The smallest absolute Gasteiger partial charge is 0.0223 e. The average Bonchev–Trinajstić information content (AvgIpc) is 2.76. The van der Waals surface area contributed by atoms with E-state index >= 15 is 0 Å². The summed E-state index contributed by atoms with van der Waals surface area (Å²) < 4.78 is 0. The lowest BCUT2D eigenvalue weighted by molar-refractivity contribution is 0.00791. The Balaban J connectivity index is 1.55. The molecule has 2 saturated heterocycles. The van der Waals surface area contributed by atoms with Crippen molar-refractivity contribution in [2.24, 2.45) is 11.8 Å². The maximum atomic E-state index is 2.81. The van der Waals surface area contributed by atoms with Gasteiger partial charge >= 0.3 is 0 Å². The van der Waals surface area contributed by atoms with E-state index in [-0.39, 0.29) is 0 Å². The van der Waals surface area contributed by atoms with Gasteiger partial charge in [-0.25, -0.2) is 0 Å². The third kappa shape index (κ3) is 2.75. The Morgan fingerprint density at radius 2 is 1.89 bits per heavy atom. The second-order valence-corrected chi connectivity index (χ2v) is 7.23. The van der Waals surface area contributed by atoms with E-state index in [1.807, 2.05) is 0 Å². The zero-order chi connectivity index (χ0) is 12.5. The van der Waals surface area contributed by atoms with Crippen molar-refractivity contribution in [3.63, 3.8) is 0 Å². The van der Waals surface area contributed by atoms with Crippen molar-refractivity contribution >= 4 is 0 Å². The summed E-state index contributed by atoms with van der Waals surface area (Å²) in [5, 5.41) is 0. The molecule has 2 heteroatoms. The Morgan fingerprint density at radius 1 is 1.00 bits per heavy atom. The van der Waals surface area contributed by atoms with E-state index in [0.717, 1.165) is 23.9 Å². The maximum absolute atomic E-state index is 2.81. The van der Waals surface area contributed by atoms with Crippen LogP contribution in [-0.2, 0) is 0 Å². The minimum absolute atomic E-state index is 0.787. The molecule has 3 rings (SSSR count). The van der Waals surface area contributed by atoms with Crippen molar-refractivity contribution < 1.29 is 0 Å². The van der Waals surface area contributed by atoms with Crippen LogP contribution in [0.4, 0.5) is 0 Å². The largest absolute Gasteiger partial charge is 0.298 e. The van der Waals surface area contributed by atoms with E-state index in [1.54, 1.807) is 0 Å². The first kappa shape index (κ1) is 12.9. The highest BCUT2D eigenvalue weighted by molar-refractivity contribution is 4.90. The second kappa shape index (κ2) is 5.50. The van der Waals surface area contributed by atoms with E-state index in [1.165, 1.54) is 64.7 Å². The van der Waals surface area contributed by atoms with Gasteiger partial charge in [-0.1, -0.05) is 19.8 Å². The Kier molecular flexibility index (Phi) is 3.95. The van der Waals surface area contributed by atoms with Gasteiger partial charge in [-0.2, -0.15) is 0 Å². The van der Waals surface area contributed by atoms with Gasteiger partial charge in [0.05, 0.1) is 0 Å². The standard InChI is InChI=1S/C16H30N2/c1-13-6-7-15(9-13)11-18-12-16-5-3-4-8-17(16)10-14(18)2/h13-16H,3-12H2,1-2H3. The lowest BCUT2D eigenvalue weighted by atomic mass is 9.95. The normalized spacial score (nSPS) is 43.0. The summed E-state index contributed by atoms with van der Waals surface area (Å²) in [6.07, 6.45) is 8.79. The fourth-order valence-corrected chi connectivity index (χ4v) is 4.49. The van der Waals surface area contributed by atoms with Crippen molar-refractivity contribution in [2.75, 3.05) is 26.2 Å². The molecule has 0 N–H and O–H groups in total. The van der Waals surface area contributed by atoms with Gasteiger partial charge < -0.3 is 0 Å². The Morgan fingerprint density at radius 3 is 2.67 bits per heavy atom. The fourth-order valence-electron chi connectivity index (χ4n) is 4.49. The van der Waals surface area contributed by atoms with Gasteiger partial charge in [0.25, 0.3) is 0 Å². The average molecular weight is 250 g/mol. The van der Waals surface area contributed by atoms with Gasteiger partial charge in [0.1, 0.15) is 0 Å². The summed E-state index contributed by atoms with van der Waals surface area (Å²) in [4.78, 5) is 5.58. The summed E-state index contributed by atoms with van der Waals surface area (Å²) in [6, 6.07) is 1.67. The Bertz CT molecular complexity index is 276. The van der Waals surface area contributed by atoms with Crippen molar-refractivity contribution in [3.05, 3.63) is 0 Å². The minimum atomic E-state index is 0.787. The summed E-state index contributed by atoms with van der Waals surface area (Å²) >= 11 is 0. The minimum Gasteiger partial charge on any atom is -0.298 e. The molecule has 0 radical (unpaired) electrons. The van der Waals surface area contributed by atoms with Crippen LogP contribution in [-0.4, -0.2) is 48.1 Å². The second-order valence-electron chi connectivity index (χ2n) is 7.23. The quantitative estimate of drug-likeness (QED) is 0.743. The van der Waals surface area contributed by atoms with E-state index in [0.29, 0.717) is 0 Å². The summed E-state index contributed by atoms with van der Waals surface area (Å²) in [6.45, 7) is 10.3. The van der Waals surface area contributed by atoms with Crippen LogP contribution in [0.5, 0.6) is 0 Å². The number of fused-ring (bicyclic) bond motifs is 1. The predicted octanol–water partition coefficient (Wildman–Crippen LogP) is 2.98. The molecule has 3 aliphatic rings. The van der Waals surface area contributed by atoms with Crippen LogP contribution in [0.2, 0.25) is 0 Å². The first-order chi connectivity index (χ1) is 8.72. The molecule has 18 heavy (non-hydrogen) atoms. The molecule has 0 aromatic heterocycles. The molecule has 0 bridgehead atoms. The number of piperazine rings is 1. The monoisotopic (exact) mass is 250 g/mol. The molecule has 104 valence electrons. The molecule has 4 atom stereocenters. The molecule has 0 aromatic carbocycles. The molecule has 4 unspecified atom stereocenters. The Labute approximate surface area is 113 Å². The van der Waals surface area contributed by atoms with Crippen molar-refractivity contribution in [2.45, 2.75) is 64.5 Å². The topological polar surface area (TPSA) is 6.48 Å². The van der Waals surface area contributed by atoms with E-state index in [9.17, 15) is 0 Å². The zero-order valence-electron chi connectivity index (χ0n) is 12.3. The maximum Gasteiger partial charge on any atom is 0.0223 e. The molecule has 2 nitrogen and oxygen atoms in total. The molecule has 3 fully saturated rings. The lowest BCUT2D eigenvalue weighted by Gasteiger charge is -2.48. The van der Waals surface area contributed by atoms with Gasteiger partial charge in [-0.3, -0.25) is 9.80 Å². The van der Waals surface area contributed by atoms with Gasteiger partial charge in [0.2, 0.25) is 0 Å². The lowest BCUT2D eigenvalue weighted by Crippen LogP contribution is -2.59. The number of hydrogen-bond acceptors (Lipinski definition) is 2. The molecular formula is C16H30N2. The van der Waals surface area contributed by atoms with E-state index < -0.39 is 0 Å². The molecule has 2 aliphatic heterocycles. The SMILES string of the molecule is CC1CCC(CN2CC3CCCCN3CC2C)C1. The van der Waals surface area contributed by atoms with Crippen LogP contribution in [0, 0.1) is 11.8 Å². The molecule has 0 aromatic rings. The first-order valence-corrected chi connectivity index (χ1v) is 8.20. The summed E-state index contributed by atoms with van der Waals surface area (Å²) in [5.74, 6) is 1.99. The molecule has 1 saturated carbocycles. The summed E-state index contributed by atoms with van der Waals surface area (Å²) in [5.41, 5.74) is 0. The van der Waals surface area contributed by atoms with Gasteiger partial charge in [0, 0.05) is 31.7 Å². The highest BCUT2D eigenvalue weighted by Crippen LogP contribution is 2.32. The first-order valence-electron chi connectivity index (χ1n) is 8.20. The molecule has 1 aliphatic carbocycles. The number of rotatable bonds is 2. The van der Waals surface area contributed by atoms with Crippen molar-refractivity contribution in [1.82, 2.24) is 9.80 Å². The predicted molar refractivity (Wildman–Crippen MR) is 76.8 cm³/mol. The van der Waals surface area contributed by atoms with Crippen molar-refractivity contribution in [1.29, 1.82) is 0 Å². The summed E-state index contributed by atoms with van der Waals surface area (Å²) in [7, 11) is 0. The van der Waals surface area contributed by atoms with Gasteiger partial charge in [-0.05, 0) is 51.0 Å². The fraction of sp³-hybridized carbons (Fsp3) is 1.00. The van der Waals surface area contributed by atoms with Crippen LogP contribution in [0.15, 0.2) is 0 Å². The zero-order valence-corrected chi connectivity index (χ0v) is 12.3. The van der Waals surface area contributed by atoms with Crippen LogP contribution >= 0.6 is 0 Å². The molecular weight excluding hydrogens is 220 g/mol. The van der Waals surface area contributed by atoms with Crippen LogP contribution in [0.3, 0.4) is 0 Å². The Hall–Kier alpha value is -0.0800. The third-order valence-electron chi connectivity index (χ3n) is 5.61. The highest BCUT2D eigenvalue weighted by Gasteiger charge is 2.34. The molecule has 0 amide bonds. The number of piperidine rings is 1. The molecule has 0 spiro atoms. The number of nitrogens with zero attached hydrogens (tertiary/aromatic N) is 2. The molecule has 2 heterocycles. The van der Waals surface area contributed by atoms with E-state index in [4.69, 9.17) is 0 Å². The van der Waals surface area contributed by atoms with Crippen LogP contribution in [0.25, 0.3) is 0 Å². The van der Waals surface area contributed by atoms with Gasteiger partial charge in [0.15, 0.2) is 0 Å². The van der Waals surface area contributed by atoms with Crippen LogP contribution in [0.1, 0.15) is 52.4 Å². The number of hydrogen-bond donors (Lipinski definition) is 0. The van der Waals surface area contributed by atoms with Gasteiger partial charge in [-0.15, -0.1) is 0 Å². The highest BCUT2D eigenvalue weighted by atomic mass is 15.3. The third-order valence-corrected chi connectivity index (χ3v) is 5.61. The van der Waals surface area contributed by atoms with E-state index in [2.05, 4.69) is 23.6 Å².